The van der Waals surface area contributed by atoms with Crippen LogP contribution >= 0.6 is 0 Å². The van der Waals surface area contributed by atoms with Crippen molar-refractivity contribution in [1.29, 1.82) is 0 Å². The van der Waals surface area contributed by atoms with Gasteiger partial charge in [-0.05, 0) is 36.8 Å². The Morgan fingerprint density at radius 1 is 1.27 bits per heavy atom. The van der Waals surface area contributed by atoms with Crippen LogP contribution < -0.4 is 10.1 Å². The fraction of sp³-hybridized carbons (Fsp3) is 0.133. The number of hydrogen-bond acceptors (Lipinski definition) is 4. The van der Waals surface area contributed by atoms with Gasteiger partial charge >= 0.3 is 0 Å². The number of aryl methyl sites for hydroxylation is 1. The molecule has 0 fully saturated rings. The van der Waals surface area contributed by atoms with Crippen LogP contribution in [0.25, 0.3) is 0 Å². The number of carbonyl (C=O) groups excluding carboxylic acids is 1. The Kier molecular flexibility index (Phi) is 4.36. The first kappa shape index (κ1) is 15.4. The molecular weight excluding hydrogens is 291 g/mol. The summed E-state index contributed by atoms with van der Waals surface area (Å²) in [6.07, 6.45) is 0. The summed E-state index contributed by atoms with van der Waals surface area (Å²) in [6.45, 7) is 1.81. The molecular formula is C15H13FN2O4. The van der Waals surface area contributed by atoms with E-state index >= 15 is 0 Å². The van der Waals surface area contributed by atoms with Crippen molar-refractivity contribution in [2.75, 3.05) is 12.4 Å². The molecule has 0 aromatic heterocycles. The Labute approximate surface area is 125 Å². The molecule has 0 atom stereocenters. The maximum Gasteiger partial charge on any atom is 0.272 e. The SMILES string of the molecule is COc1ccc(NC(=O)c2ccc([N+](=O)[O-])cc2F)cc1C. The van der Waals surface area contributed by atoms with Gasteiger partial charge in [-0.15, -0.1) is 0 Å². The minimum Gasteiger partial charge on any atom is -0.496 e. The summed E-state index contributed by atoms with van der Waals surface area (Å²) >= 11 is 0. The van der Waals surface area contributed by atoms with Crippen LogP contribution in [-0.4, -0.2) is 17.9 Å². The number of ether oxygens (including phenoxy) is 1. The van der Waals surface area contributed by atoms with Crippen LogP contribution in [0.5, 0.6) is 5.75 Å². The van der Waals surface area contributed by atoms with Crippen molar-refractivity contribution in [3.63, 3.8) is 0 Å². The largest absolute Gasteiger partial charge is 0.496 e. The highest BCUT2D eigenvalue weighted by Crippen LogP contribution is 2.23. The highest BCUT2D eigenvalue weighted by molar-refractivity contribution is 6.04. The third kappa shape index (κ3) is 3.20. The number of methoxy groups -OCH3 is 1. The lowest BCUT2D eigenvalue weighted by Crippen LogP contribution is -2.14. The van der Waals surface area contributed by atoms with E-state index in [-0.39, 0.29) is 5.56 Å². The minimum absolute atomic E-state index is 0.265. The number of amides is 1. The number of nitro benzene ring substituents is 1. The normalized spacial score (nSPS) is 10.1. The molecule has 0 unspecified atom stereocenters. The molecule has 0 aliphatic rings. The zero-order valence-corrected chi connectivity index (χ0v) is 11.9. The Bertz CT molecular complexity index is 746. The zero-order chi connectivity index (χ0) is 16.3. The van der Waals surface area contributed by atoms with Crippen LogP contribution in [0.1, 0.15) is 15.9 Å². The molecule has 2 aromatic carbocycles. The third-order valence-corrected chi connectivity index (χ3v) is 3.06. The van der Waals surface area contributed by atoms with Gasteiger partial charge in [-0.2, -0.15) is 0 Å². The Morgan fingerprint density at radius 3 is 2.55 bits per heavy atom. The Hall–Kier alpha value is -2.96. The molecule has 0 saturated heterocycles. The maximum atomic E-state index is 13.8. The summed E-state index contributed by atoms with van der Waals surface area (Å²) in [6, 6.07) is 7.86. The molecule has 6 nitrogen and oxygen atoms in total. The van der Waals surface area contributed by atoms with Crippen LogP contribution in [0.15, 0.2) is 36.4 Å². The average molecular weight is 304 g/mol. The van der Waals surface area contributed by atoms with Crippen molar-refractivity contribution >= 4 is 17.3 Å². The predicted molar refractivity (Wildman–Crippen MR) is 78.7 cm³/mol. The lowest BCUT2D eigenvalue weighted by molar-refractivity contribution is -0.385. The number of anilines is 1. The molecule has 0 saturated carbocycles. The molecule has 2 aromatic rings. The lowest BCUT2D eigenvalue weighted by atomic mass is 10.1. The number of nitrogens with one attached hydrogen (secondary N) is 1. The summed E-state index contributed by atoms with van der Waals surface area (Å²) in [4.78, 5) is 21.9. The first-order valence-electron chi connectivity index (χ1n) is 6.32. The molecule has 0 aliphatic carbocycles. The number of halogens is 1. The van der Waals surface area contributed by atoms with E-state index < -0.39 is 22.3 Å². The van der Waals surface area contributed by atoms with E-state index in [1.165, 1.54) is 7.11 Å². The van der Waals surface area contributed by atoms with Gasteiger partial charge in [-0.25, -0.2) is 4.39 Å². The van der Waals surface area contributed by atoms with Gasteiger partial charge in [0.2, 0.25) is 0 Å². The molecule has 0 aliphatic heterocycles. The number of nitro groups is 1. The van der Waals surface area contributed by atoms with Crippen molar-refractivity contribution in [3.8, 4) is 5.75 Å². The van der Waals surface area contributed by atoms with E-state index in [4.69, 9.17) is 4.74 Å². The van der Waals surface area contributed by atoms with E-state index in [1.807, 2.05) is 0 Å². The van der Waals surface area contributed by atoms with E-state index in [0.717, 1.165) is 17.7 Å². The summed E-state index contributed by atoms with van der Waals surface area (Å²) in [5, 5.41) is 13.1. The van der Waals surface area contributed by atoms with Crippen molar-refractivity contribution < 1.29 is 18.8 Å². The first-order chi connectivity index (χ1) is 10.4. The topological polar surface area (TPSA) is 81.5 Å². The monoisotopic (exact) mass is 304 g/mol. The predicted octanol–water partition coefficient (Wildman–Crippen LogP) is 3.30. The molecule has 0 radical (unpaired) electrons. The molecule has 22 heavy (non-hydrogen) atoms. The second kappa shape index (κ2) is 6.21. The van der Waals surface area contributed by atoms with E-state index in [1.54, 1.807) is 25.1 Å². The van der Waals surface area contributed by atoms with Gasteiger partial charge < -0.3 is 10.1 Å². The van der Waals surface area contributed by atoms with Gasteiger partial charge in [0.25, 0.3) is 11.6 Å². The molecule has 114 valence electrons. The third-order valence-electron chi connectivity index (χ3n) is 3.06. The number of rotatable bonds is 4. The summed E-state index contributed by atoms with van der Waals surface area (Å²) in [5.41, 5.74) is 0.610. The number of non-ortho nitro benzene ring substituents is 1. The van der Waals surface area contributed by atoms with Crippen molar-refractivity contribution in [2.45, 2.75) is 6.92 Å². The highest BCUT2D eigenvalue weighted by atomic mass is 19.1. The lowest BCUT2D eigenvalue weighted by Gasteiger charge is -2.09. The second-order valence-electron chi connectivity index (χ2n) is 4.56. The minimum atomic E-state index is -0.947. The Morgan fingerprint density at radius 2 is 2.00 bits per heavy atom. The molecule has 1 N–H and O–H groups in total. The molecule has 0 spiro atoms. The van der Waals surface area contributed by atoms with E-state index in [2.05, 4.69) is 5.32 Å². The van der Waals surface area contributed by atoms with Crippen molar-refractivity contribution in [2.24, 2.45) is 0 Å². The van der Waals surface area contributed by atoms with Crippen LogP contribution in [-0.2, 0) is 0 Å². The van der Waals surface area contributed by atoms with Gasteiger partial charge in [-0.3, -0.25) is 14.9 Å². The number of nitrogens with zero attached hydrogens (tertiary/aromatic N) is 1. The van der Waals surface area contributed by atoms with Crippen LogP contribution in [0.3, 0.4) is 0 Å². The molecule has 7 heteroatoms. The Balaban J connectivity index is 2.22. The molecule has 0 heterocycles. The fourth-order valence-corrected chi connectivity index (χ4v) is 1.96. The maximum absolute atomic E-state index is 13.8. The van der Waals surface area contributed by atoms with Crippen LogP contribution in [0, 0.1) is 22.9 Å². The first-order valence-corrected chi connectivity index (χ1v) is 6.32. The average Bonchev–Trinajstić information content (AvgIpc) is 2.47. The van der Waals surface area contributed by atoms with Gasteiger partial charge in [0.1, 0.15) is 11.6 Å². The summed E-state index contributed by atoms with van der Waals surface area (Å²) < 4.78 is 18.9. The fourth-order valence-electron chi connectivity index (χ4n) is 1.96. The highest BCUT2D eigenvalue weighted by Gasteiger charge is 2.16. The van der Waals surface area contributed by atoms with E-state index in [9.17, 15) is 19.3 Å². The summed E-state index contributed by atoms with van der Waals surface area (Å²) in [7, 11) is 1.53. The zero-order valence-electron chi connectivity index (χ0n) is 11.9. The standard InChI is InChI=1S/C15H13FN2O4/c1-9-7-10(3-6-14(9)22-2)17-15(19)12-5-4-11(18(20)21)8-13(12)16/h3-8H,1-2H3,(H,17,19). The van der Waals surface area contributed by atoms with Crippen LogP contribution in [0.2, 0.25) is 0 Å². The number of carbonyl (C=O) groups is 1. The van der Waals surface area contributed by atoms with Crippen LogP contribution in [0.4, 0.5) is 15.8 Å². The van der Waals surface area contributed by atoms with Crippen molar-refractivity contribution in [3.05, 3.63) is 63.5 Å². The quantitative estimate of drug-likeness (QED) is 0.694. The van der Waals surface area contributed by atoms with E-state index in [0.29, 0.717) is 17.5 Å². The number of benzene rings is 2. The summed E-state index contributed by atoms with van der Waals surface area (Å²) in [5.74, 6) is -0.964. The smallest absolute Gasteiger partial charge is 0.272 e. The molecule has 1 amide bonds. The molecule has 2 rings (SSSR count). The van der Waals surface area contributed by atoms with Crippen molar-refractivity contribution in [1.82, 2.24) is 0 Å². The van der Waals surface area contributed by atoms with Gasteiger partial charge in [0, 0.05) is 11.8 Å². The molecule has 0 bridgehead atoms. The number of hydrogen-bond donors (Lipinski definition) is 1. The second-order valence-corrected chi connectivity index (χ2v) is 4.56. The van der Waals surface area contributed by atoms with Gasteiger partial charge in [0.05, 0.1) is 23.7 Å². The van der Waals surface area contributed by atoms with Gasteiger partial charge in [-0.1, -0.05) is 0 Å². The van der Waals surface area contributed by atoms with Gasteiger partial charge in [0.15, 0.2) is 0 Å².